The molecule has 0 radical (unpaired) electrons. The van der Waals surface area contributed by atoms with Crippen molar-refractivity contribution in [2.24, 2.45) is 0 Å². The third-order valence-corrected chi connectivity index (χ3v) is 14.3. The van der Waals surface area contributed by atoms with Crippen LogP contribution < -0.4 is 14.5 Å². The Morgan fingerprint density at radius 1 is 0.319 bits per heavy atom. The van der Waals surface area contributed by atoms with E-state index in [2.05, 4.69) is 252 Å². The second kappa shape index (κ2) is 15.5. The predicted molar refractivity (Wildman–Crippen MR) is 283 cm³/mol. The molecule has 4 nitrogen and oxygen atoms in total. The predicted octanol–water partition coefficient (Wildman–Crippen LogP) is 17.8. The van der Waals surface area contributed by atoms with Gasteiger partial charge in [0.2, 0.25) is 0 Å². The number of hydrogen-bond acceptors (Lipinski definition) is 4. The highest BCUT2D eigenvalue weighted by Crippen LogP contribution is 2.58. The normalized spacial score (nSPS) is 12.9. The van der Waals surface area contributed by atoms with Crippen LogP contribution in [0, 0.1) is 0 Å². The van der Waals surface area contributed by atoms with Crippen molar-refractivity contribution in [3.8, 4) is 33.8 Å². The van der Waals surface area contributed by atoms with Gasteiger partial charge in [0.05, 0.1) is 16.8 Å². The standard InChI is InChI=1S/C65H42N2O2/c1-5-19-43(20-6-1)65(44-21-7-2-8-22-44)56-31-15-13-27-49(56)50-37-35-47(41-57(50)65)66(45-23-9-3-10-24-45)48-36-38-52-53-39-40-58(55-30-18-34-61(63(53)55)68-62(52)42-48)67(46-25-11-4-12-26-46)59-32-17-29-54-51-28-14-16-33-60(51)69-64(54)59/h1-42H. The number of rotatable bonds is 8. The fourth-order valence-electron chi connectivity index (χ4n) is 11.4. The summed E-state index contributed by atoms with van der Waals surface area (Å²) in [4.78, 5) is 4.69. The van der Waals surface area contributed by atoms with Gasteiger partial charge in [0.15, 0.2) is 5.58 Å². The molecule has 1 aliphatic heterocycles. The molecule has 0 spiro atoms. The molecule has 324 valence electrons. The van der Waals surface area contributed by atoms with Gasteiger partial charge in [0.25, 0.3) is 0 Å². The fourth-order valence-corrected chi connectivity index (χ4v) is 11.4. The molecule has 2 heterocycles. The molecule has 0 N–H and O–H groups in total. The summed E-state index contributed by atoms with van der Waals surface area (Å²) in [5, 5.41) is 4.34. The van der Waals surface area contributed by atoms with Crippen LogP contribution in [0.5, 0.6) is 11.5 Å². The summed E-state index contributed by atoms with van der Waals surface area (Å²) in [5.41, 5.74) is 17.1. The molecule has 0 unspecified atom stereocenters. The average molecular weight is 883 g/mol. The summed E-state index contributed by atoms with van der Waals surface area (Å²) in [6.45, 7) is 0. The van der Waals surface area contributed by atoms with Gasteiger partial charge in [-0.25, -0.2) is 0 Å². The van der Waals surface area contributed by atoms with Crippen molar-refractivity contribution < 1.29 is 9.15 Å². The van der Waals surface area contributed by atoms with Crippen molar-refractivity contribution in [3.05, 3.63) is 277 Å². The van der Waals surface area contributed by atoms with Gasteiger partial charge >= 0.3 is 0 Å². The lowest BCUT2D eigenvalue weighted by molar-refractivity contribution is 0.487. The van der Waals surface area contributed by atoms with Crippen molar-refractivity contribution in [1.82, 2.24) is 0 Å². The van der Waals surface area contributed by atoms with Crippen LogP contribution in [0.15, 0.2) is 259 Å². The summed E-state index contributed by atoms with van der Waals surface area (Å²) in [6, 6.07) is 91.5. The topological polar surface area (TPSA) is 28.9 Å². The summed E-state index contributed by atoms with van der Waals surface area (Å²) in [7, 11) is 0. The van der Waals surface area contributed by atoms with E-state index < -0.39 is 5.41 Å². The number of anilines is 6. The molecular formula is C65H42N2O2. The van der Waals surface area contributed by atoms with Crippen LogP contribution in [0.25, 0.3) is 55.0 Å². The van der Waals surface area contributed by atoms with Crippen molar-refractivity contribution >= 4 is 66.8 Å². The highest BCUT2D eigenvalue weighted by atomic mass is 16.5. The van der Waals surface area contributed by atoms with Gasteiger partial charge in [-0.3, -0.25) is 0 Å². The third kappa shape index (κ3) is 5.89. The minimum absolute atomic E-state index is 0.526. The number of hydrogen-bond donors (Lipinski definition) is 0. The zero-order valence-corrected chi connectivity index (χ0v) is 37.5. The van der Waals surface area contributed by atoms with Crippen LogP contribution in [0.2, 0.25) is 0 Å². The molecule has 0 saturated heterocycles. The van der Waals surface area contributed by atoms with E-state index in [9.17, 15) is 0 Å². The maximum atomic E-state index is 7.07. The number of nitrogens with zero attached hydrogens (tertiary/aromatic N) is 2. The first-order valence-electron chi connectivity index (χ1n) is 23.6. The first kappa shape index (κ1) is 39.1. The minimum atomic E-state index is -0.526. The lowest BCUT2D eigenvalue weighted by atomic mass is 9.67. The van der Waals surface area contributed by atoms with E-state index in [4.69, 9.17) is 9.15 Å². The SMILES string of the molecule is c1ccc(N(c2ccc3c(c2)Oc2cccc4c(N(c5ccccc5)c5cccc6c5oc5ccccc56)ccc-3c24)c2ccc3c(c2)C(c2ccccc2)(c2ccccc2)c2ccccc2-3)cc1. The van der Waals surface area contributed by atoms with Crippen LogP contribution in [-0.4, -0.2) is 0 Å². The summed E-state index contributed by atoms with van der Waals surface area (Å²) in [6.07, 6.45) is 0. The van der Waals surface area contributed by atoms with Crippen LogP contribution in [0.1, 0.15) is 22.3 Å². The molecule has 11 aromatic carbocycles. The van der Waals surface area contributed by atoms with Gasteiger partial charge in [-0.05, 0) is 112 Å². The van der Waals surface area contributed by atoms with E-state index >= 15 is 0 Å². The lowest BCUT2D eigenvalue weighted by Crippen LogP contribution is -2.28. The molecule has 0 saturated carbocycles. The van der Waals surface area contributed by atoms with E-state index in [-0.39, 0.29) is 0 Å². The molecule has 0 fully saturated rings. The second-order valence-corrected chi connectivity index (χ2v) is 17.9. The largest absolute Gasteiger partial charge is 0.456 e. The van der Waals surface area contributed by atoms with E-state index in [0.717, 1.165) is 89.5 Å². The molecule has 1 aliphatic carbocycles. The Labute approximate surface area is 400 Å². The molecule has 0 atom stereocenters. The maximum Gasteiger partial charge on any atom is 0.159 e. The molecule has 14 rings (SSSR count). The van der Waals surface area contributed by atoms with Gasteiger partial charge < -0.3 is 19.0 Å². The molecule has 69 heavy (non-hydrogen) atoms. The zero-order valence-electron chi connectivity index (χ0n) is 37.5. The van der Waals surface area contributed by atoms with Gasteiger partial charge in [-0.2, -0.15) is 0 Å². The Morgan fingerprint density at radius 3 is 1.64 bits per heavy atom. The number of ether oxygens (including phenoxy) is 1. The minimum Gasteiger partial charge on any atom is -0.456 e. The number of benzene rings is 11. The number of para-hydroxylation sites is 4. The Balaban J connectivity index is 0.925. The van der Waals surface area contributed by atoms with E-state index in [0.29, 0.717) is 0 Å². The van der Waals surface area contributed by atoms with E-state index in [1.54, 1.807) is 0 Å². The Bertz CT molecular complexity index is 3900. The summed E-state index contributed by atoms with van der Waals surface area (Å²) >= 11 is 0. The molecule has 2 aliphatic rings. The monoisotopic (exact) mass is 882 g/mol. The molecular weight excluding hydrogens is 841 g/mol. The Kier molecular flexibility index (Phi) is 8.77. The van der Waals surface area contributed by atoms with Crippen molar-refractivity contribution in [2.45, 2.75) is 5.41 Å². The van der Waals surface area contributed by atoms with Crippen LogP contribution in [0.4, 0.5) is 34.1 Å². The Hall–Kier alpha value is -9.12. The zero-order chi connectivity index (χ0) is 45.5. The highest BCUT2D eigenvalue weighted by Gasteiger charge is 2.46. The van der Waals surface area contributed by atoms with Crippen molar-refractivity contribution in [1.29, 1.82) is 0 Å². The maximum absolute atomic E-state index is 7.07. The highest BCUT2D eigenvalue weighted by molar-refractivity contribution is 6.14. The second-order valence-electron chi connectivity index (χ2n) is 17.9. The van der Waals surface area contributed by atoms with Gasteiger partial charge in [-0.15, -0.1) is 0 Å². The smallest absolute Gasteiger partial charge is 0.159 e. The van der Waals surface area contributed by atoms with Crippen LogP contribution >= 0.6 is 0 Å². The van der Waals surface area contributed by atoms with Gasteiger partial charge in [-0.1, -0.05) is 176 Å². The quantitative estimate of drug-likeness (QED) is 0.152. The van der Waals surface area contributed by atoms with E-state index in [1.165, 1.54) is 33.4 Å². The summed E-state index contributed by atoms with van der Waals surface area (Å²) < 4.78 is 13.7. The fraction of sp³-hybridized carbons (Fsp3) is 0.0154. The van der Waals surface area contributed by atoms with Crippen LogP contribution in [-0.2, 0) is 5.41 Å². The molecule has 0 bridgehead atoms. The van der Waals surface area contributed by atoms with Gasteiger partial charge in [0.1, 0.15) is 17.1 Å². The molecule has 1 aromatic heterocycles. The first-order valence-corrected chi connectivity index (χ1v) is 23.6. The summed E-state index contributed by atoms with van der Waals surface area (Å²) in [5.74, 6) is 1.63. The lowest BCUT2D eigenvalue weighted by Gasteiger charge is -2.35. The average Bonchev–Trinajstić information content (AvgIpc) is 3.95. The molecule has 4 heteroatoms. The number of furan rings is 1. The van der Waals surface area contributed by atoms with E-state index in [1.807, 2.05) is 12.1 Å². The Morgan fingerprint density at radius 2 is 0.884 bits per heavy atom. The number of fused-ring (bicyclic) bond motifs is 8. The van der Waals surface area contributed by atoms with Crippen molar-refractivity contribution in [3.63, 3.8) is 0 Å². The third-order valence-electron chi connectivity index (χ3n) is 14.3. The molecule has 12 aromatic rings. The van der Waals surface area contributed by atoms with Crippen LogP contribution in [0.3, 0.4) is 0 Å². The van der Waals surface area contributed by atoms with Crippen molar-refractivity contribution in [2.75, 3.05) is 9.80 Å². The molecule has 0 amide bonds. The first-order chi connectivity index (χ1) is 34.2. The van der Waals surface area contributed by atoms with Gasteiger partial charge in [0, 0.05) is 55.9 Å².